The van der Waals surface area contributed by atoms with Crippen LogP contribution in [0.4, 0.5) is 0 Å². The van der Waals surface area contributed by atoms with Gasteiger partial charge in [-0.05, 0) is 13.0 Å². The van der Waals surface area contributed by atoms with Crippen molar-refractivity contribution in [3.8, 4) is 0 Å². The van der Waals surface area contributed by atoms with Crippen LogP contribution in [0.3, 0.4) is 0 Å². The standard InChI is InChI=1S/C11H15N5O/c1-2-3-13-4-8-5-14-11-9(10(12)17)6-15-16(11)7-8/h5-7,13H,2-4H2,1H3,(H2,12,17). The molecule has 2 aromatic heterocycles. The van der Waals surface area contributed by atoms with Crippen molar-refractivity contribution in [2.45, 2.75) is 19.9 Å². The van der Waals surface area contributed by atoms with Crippen LogP contribution >= 0.6 is 0 Å². The highest BCUT2D eigenvalue weighted by molar-refractivity contribution is 5.98. The molecule has 6 nitrogen and oxygen atoms in total. The molecule has 0 aliphatic heterocycles. The quantitative estimate of drug-likeness (QED) is 0.729. The smallest absolute Gasteiger partial charge is 0.254 e. The number of nitrogens with one attached hydrogen (secondary N) is 1. The van der Waals surface area contributed by atoms with E-state index in [1.54, 1.807) is 10.7 Å². The number of hydrogen-bond donors (Lipinski definition) is 2. The molecule has 90 valence electrons. The summed E-state index contributed by atoms with van der Waals surface area (Å²) in [5.41, 5.74) is 7.08. The summed E-state index contributed by atoms with van der Waals surface area (Å²) in [6.07, 6.45) is 6.10. The van der Waals surface area contributed by atoms with Crippen molar-refractivity contribution in [1.29, 1.82) is 0 Å². The van der Waals surface area contributed by atoms with Gasteiger partial charge in [0.05, 0.1) is 6.20 Å². The second kappa shape index (κ2) is 4.92. The number of carbonyl (C=O) groups is 1. The van der Waals surface area contributed by atoms with Crippen LogP contribution in [0.1, 0.15) is 29.3 Å². The van der Waals surface area contributed by atoms with E-state index in [1.165, 1.54) is 6.20 Å². The second-order valence-corrected chi connectivity index (χ2v) is 3.83. The molecule has 0 fully saturated rings. The maximum atomic E-state index is 11.1. The van der Waals surface area contributed by atoms with Crippen LogP contribution in [0.15, 0.2) is 18.6 Å². The average Bonchev–Trinajstić information content (AvgIpc) is 2.72. The van der Waals surface area contributed by atoms with Crippen LogP contribution < -0.4 is 11.1 Å². The Bertz CT molecular complexity index is 534. The van der Waals surface area contributed by atoms with Crippen LogP contribution in [0.25, 0.3) is 5.65 Å². The normalized spacial score (nSPS) is 10.9. The molecule has 3 N–H and O–H groups in total. The Hall–Kier alpha value is -1.95. The van der Waals surface area contributed by atoms with Gasteiger partial charge in [0, 0.05) is 24.5 Å². The Balaban J connectivity index is 2.23. The predicted octanol–water partition coefficient (Wildman–Crippen LogP) is 0.328. The van der Waals surface area contributed by atoms with Crippen LogP contribution in [-0.2, 0) is 6.54 Å². The van der Waals surface area contributed by atoms with E-state index in [0.717, 1.165) is 25.1 Å². The van der Waals surface area contributed by atoms with E-state index in [4.69, 9.17) is 5.73 Å². The largest absolute Gasteiger partial charge is 0.365 e. The van der Waals surface area contributed by atoms with Gasteiger partial charge in [0.1, 0.15) is 5.56 Å². The van der Waals surface area contributed by atoms with Gasteiger partial charge in [-0.3, -0.25) is 4.79 Å². The van der Waals surface area contributed by atoms with Crippen LogP contribution in [-0.4, -0.2) is 27.0 Å². The topological polar surface area (TPSA) is 85.3 Å². The van der Waals surface area contributed by atoms with Crippen molar-refractivity contribution >= 4 is 11.6 Å². The average molecular weight is 233 g/mol. The van der Waals surface area contributed by atoms with E-state index >= 15 is 0 Å². The van der Waals surface area contributed by atoms with Crippen LogP contribution in [0.5, 0.6) is 0 Å². The molecule has 0 spiro atoms. The van der Waals surface area contributed by atoms with E-state index in [0.29, 0.717) is 11.2 Å². The first kappa shape index (κ1) is 11.5. The summed E-state index contributed by atoms with van der Waals surface area (Å²) < 4.78 is 1.57. The third-order valence-electron chi connectivity index (χ3n) is 2.43. The number of fused-ring (bicyclic) bond motifs is 1. The first-order valence-corrected chi connectivity index (χ1v) is 5.55. The molecule has 0 saturated heterocycles. The van der Waals surface area contributed by atoms with E-state index < -0.39 is 5.91 Å². The minimum Gasteiger partial charge on any atom is -0.365 e. The van der Waals surface area contributed by atoms with Gasteiger partial charge in [-0.1, -0.05) is 6.92 Å². The summed E-state index contributed by atoms with van der Waals surface area (Å²) in [4.78, 5) is 15.3. The Labute approximate surface area is 98.8 Å². The van der Waals surface area contributed by atoms with E-state index in [1.807, 2.05) is 6.20 Å². The highest BCUT2D eigenvalue weighted by atomic mass is 16.1. The summed E-state index contributed by atoms with van der Waals surface area (Å²) in [5.74, 6) is -0.510. The number of aromatic nitrogens is 3. The lowest BCUT2D eigenvalue weighted by molar-refractivity contribution is 0.100. The van der Waals surface area contributed by atoms with Crippen molar-refractivity contribution in [1.82, 2.24) is 19.9 Å². The molecule has 1 amide bonds. The zero-order chi connectivity index (χ0) is 12.3. The molecule has 17 heavy (non-hydrogen) atoms. The molecule has 0 bridgehead atoms. The monoisotopic (exact) mass is 233 g/mol. The maximum Gasteiger partial charge on any atom is 0.254 e. The zero-order valence-corrected chi connectivity index (χ0v) is 9.68. The Morgan fingerprint density at radius 1 is 1.53 bits per heavy atom. The van der Waals surface area contributed by atoms with E-state index in [9.17, 15) is 4.79 Å². The van der Waals surface area contributed by atoms with Crippen LogP contribution in [0, 0.1) is 0 Å². The van der Waals surface area contributed by atoms with Gasteiger partial charge in [0.25, 0.3) is 5.91 Å². The van der Waals surface area contributed by atoms with E-state index in [-0.39, 0.29) is 0 Å². The number of hydrogen-bond acceptors (Lipinski definition) is 4. The second-order valence-electron chi connectivity index (χ2n) is 3.83. The minimum atomic E-state index is -0.510. The molecule has 0 atom stereocenters. The minimum absolute atomic E-state index is 0.345. The maximum absolute atomic E-state index is 11.1. The molecular weight excluding hydrogens is 218 g/mol. The number of nitrogens with two attached hydrogens (primary N) is 1. The molecule has 0 aliphatic carbocycles. The third kappa shape index (κ3) is 2.42. The fourth-order valence-electron chi connectivity index (χ4n) is 1.59. The number of carbonyl (C=O) groups excluding carboxylic acids is 1. The third-order valence-corrected chi connectivity index (χ3v) is 2.43. The van der Waals surface area contributed by atoms with Gasteiger partial charge in [0.15, 0.2) is 5.65 Å². The molecule has 2 aromatic rings. The number of primary amides is 1. The van der Waals surface area contributed by atoms with E-state index in [2.05, 4.69) is 22.3 Å². The Morgan fingerprint density at radius 3 is 3.06 bits per heavy atom. The molecular formula is C11H15N5O. The van der Waals surface area contributed by atoms with Crippen molar-refractivity contribution in [2.75, 3.05) is 6.54 Å². The van der Waals surface area contributed by atoms with Gasteiger partial charge >= 0.3 is 0 Å². The van der Waals surface area contributed by atoms with Gasteiger partial charge in [-0.15, -0.1) is 0 Å². The van der Waals surface area contributed by atoms with Gasteiger partial charge in [-0.25, -0.2) is 9.50 Å². The molecule has 2 rings (SSSR count). The number of amides is 1. The first-order valence-electron chi connectivity index (χ1n) is 5.55. The SMILES string of the molecule is CCCNCc1cnc2c(C(N)=O)cnn2c1. The summed E-state index contributed by atoms with van der Waals surface area (Å²) >= 11 is 0. The molecule has 2 heterocycles. The van der Waals surface area contributed by atoms with Crippen molar-refractivity contribution in [3.05, 3.63) is 29.7 Å². The number of rotatable bonds is 5. The lowest BCUT2D eigenvalue weighted by Crippen LogP contribution is -2.15. The molecule has 0 aromatic carbocycles. The predicted molar refractivity (Wildman–Crippen MR) is 63.5 cm³/mol. The zero-order valence-electron chi connectivity index (χ0n) is 9.68. The molecule has 0 aliphatic rings. The summed E-state index contributed by atoms with van der Waals surface area (Å²) in [7, 11) is 0. The summed E-state index contributed by atoms with van der Waals surface area (Å²) in [6.45, 7) is 3.81. The van der Waals surface area contributed by atoms with Gasteiger partial charge in [-0.2, -0.15) is 5.10 Å². The fourth-order valence-corrected chi connectivity index (χ4v) is 1.59. The lowest BCUT2D eigenvalue weighted by Gasteiger charge is -2.03. The number of nitrogens with zero attached hydrogens (tertiary/aromatic N) is 3. The summed E-state index contributed by atoms with van der Waals surface area (Å²) in [5, 5.41) is 7.33. The highest BCUT2D eigenvalue weighted by Crippen LogP contribution is 2.07. The van der Waals surface area contributed by atoms with Gasteiger partial charge < -0.3 is 11.1 Å². The van der Waals surface area contributed by atoms with Crippen molar-refractivity contribution < 1.29 is 4.79 Å². The van der Waals surface area contributed by atoms with Crippen molar-refractivity contribution in [3.63, 3.8) is 0 Å². The highest BCUT2D eigenvalue weighted by Gasteiger charge is 2.10. The Morgan fingerprint density at radius 2 is 2.35 bits per heavy atom. The fraction of sp³-hybridized carbons (Fsp3) is 0.364. The first-order chi connectivity index (χ1) is 8.22. The molecule has 6 heteroatoms. The molecule has 0 radical (unpaired) electrons. The van der Waals surface area contributed by atoms with Crippen LogP contribution in [0.2, 0.25) is 0 Å². The van der Waals surface area contributed by atoms with Gasteiger partial charge in [0.2, 0.25) is 0 Å². The Kier molecular flexibility index (Phi) is 3.34. The summed E-state index contributed by atoms with van der Waals surface area (Å²) in [6, 6.07) is 0. The van der Waals surface area contributed by atoms with Crippen molar-refractivity contribution in [2.24, 2.45) is 5.73 Å². The molecule has 0 saturated carbocycles. The lowest BCUT2D eigenvalue weighted by atomic mass is 10.3. The molecule has 0 unspecified atom stereocenters.